The molecule has 6 nitrogen and oxygen atoms in total. The van der Waals surface area contributed by atoms with Crippen LogP contribution in [-0.4, -0.2) is 44.7 Å². The van der Waals surface area contributed by atoms with Crippen LogP contribution in [0.25, 0.3) is 0 Å². The van der Waals surface area contributed by atoms with Crippen molar-refractivity contribution < 1.29 is 26.7 Å². The molecule has 2 aromatic carbocycles. The highest BCUT2D eigenvalue weighted by Crippen LogP contribution is 2.24. The maximum absolute atomic E-state index is 13.7. The van der Waals surface area contributed by atoms with E-state index in [1.807, 2.05) is 0 Å². The molecule has 3 rings (SSSR count). The molecule has 1 amide bonds. The molecule has 1 aliphatic rings. The largest absolute Gasteiger partial charge is 0.487 e. The lowest BCUT2D eigenvalue weighted by Gasteiger charge is -2.32. The second-order valence-electron chi connectivity index (χ2n) is 7.09. The number of carbonyl (C=O) groups is 1. The number of benzene rings is 2. The molecule has 2 aromatic rings. The molecule has 1 N–H and O–H groups in total. The zero-order valence-corrected chi connectivity index (χ0v) is 16.9. The van der Waals surface area contributed by atoms with Gasteiger partial charge in [-0.2, -0.15) is 0 Å². The normalized spacial score (nSPS) is 15.2. The molecule has 1 heterocycles. The van der Waals surface area contributed by atoms with E-state index in [1.54, 1.807) is 24.0 Å². The number of ether oxygens (including phenoxy) is 1. The van der Waals surface area contributed by atoms with E-state index in [1.165, 1.54) is 12.1 Å². The number of hydrogen-bond donors (Lipinski definition) is 1. The van der Waals surface area contributed by atoms with Crippen LogP contribution >= 0.6 is 0 Å². The van der Waals surface area contributed by atoms with E-state index in [-0.39, 0.29) is 17.8 Å². The quantitative estimate of drug-likeness (QED) is 0.799. The van der Waals surface area contributed by atoms with E-state index >= 15 is 0 Å². The van der Waals surface area contributed by atoms with Crippen molar-refractivity contribution in [2.45, 2.75) is 25.9 Å². The maximum atomic E-state index is 13.7. The monoisotopic (exact) mass is 424 g/mol. The number of piperidine rings is 1. The second kappa shape index (κ2) is 8.36. The number of rotatable bonds is 5. The van der Waals surface area contributed by atoms with Crippen molar-refractivity contribution in [1.82, 2.24) is 4.90 Å². The minimum absolute atomic E-state index is 0.00815. The van der Waals surface area contributed by atoms with E-state index in [0.29, 0.717) is 42.7 Å². The Morgan fingerprint density at radius 2 is 1.83 bits per heavy atom. The minimum atomic E-state index is -3.46. The summed E-state index contributed by atoms with van der Waals surface area (Å²) in [6, 6.07) is 8.03. The number of nitrogens with zero attached hydrogens (tertiary/aromatic N) is 1. The van der Waals surface area contributed by atoms with Crippen LogP contribution in [0, 0.1) is 18.6 Å². The Labute approximate surface area is 168 Å². The molecule has 1 saturated heterocycles. The zero-order valence-electron chi connectivity index (χ0n) is 16.1. The van der Waals surface area contributed by atoms with Crippen LogP contribution in [0.1, 0.15) is 28.8 Å². The number of amides is 1. The third-order valence-corrected chi connectivity index (χ3v) is 5.29. The maximum Gasteiger partial charge on any atom is 0.253 e. The average Bonchev–Trinajstić information content (AvgIpc) is 2.65. The summed E-state index contributed by atoms with van der Waals surface area (Å²) in [4.78, 5) is 14.4. The molecule has 0 radical (unpaired) electrons. The second-order valence-corrected chi connectivity index (χ2v) is 8.84. The van der Waals surface area contributed by atoms with Crippen LogP contribution in [0.15, 0.2) is 36.4 Å². The van der Waals surface area contributed by atoms with Gasteiger partial charge in [-0.05, 0) is 36.8 Å². The van der Waals surface area contributed by atoms with Crippen LogP contribution in [0.3, 0.4) is 0 Å². The Kier molecular flexibility index (Phi) is 6.07. The van der Waals surface area contributed by atoms with Gasteiger partial charge in [-0.3, -0.25) is 9.52 Å². The first-order valence-electron chi connectivity index (χ1n) is 9.12. The van der Waals surface area contributed by atoms with Crippen molar-refractivity contribution in [1.29, 1.82) is 0 Å². The van der Waals surface area contributed by atoms with Crippen LogP contribution in [-0.2, 0) is 10.0 Å². The summed E-state index contributed by atoms with van der Waals surface area (Å²) >= 11 is 0. The first kappa shape index (κ1) is 21.0. The van der Waals surface area contributed by atoms with Gasteiger partial charge in [-0.15, -0.1) is 0 Å². The van der Waals surface area contributed by atoms with Gasteiger partial charge in [-0.25, -0.2) is 17.2 Å². The van der Waals surface area contributed by atoms with Crippen molar-refractivity contribution in [2.24, 2.45) is 0 Å². The number of anilines is 1. The number of sulfonamides is 1. The predicted octanol–water partition coefficient (Wildman–Crippen LogP) is 3.33. The van der Waals surface area contributed by atoms with E-state index in [9.17, 15) is 22.0 Å². The van der Waals surface area contributed by atoms with E-state index in [4.69, 9.17) is 4.74 Å². The molecule has 0 unspecified atom stereocenters. The molecule has 1 aliphatic heterocycles. The van der Waals surface area contributed by atoms with Gasteiger partial charge in [0, 0.05) is 37.6 Å². The van der Waals surface area contributed by atoms with Crippen molar-refractivity contribution in [3.63, 3.8) is 0 Å². The summed E-state index contributed by atoms with van der Waals surface area (Å²) in [5.74, 6) is -1.65. The smallest absolute Gasteiger partial charge is 0.253 e. The molecule has 156 valence electrons. The van der Waals surface area contributed by atoms with Crippen LogP contribution in [0.4, 0.5) is 14.5 Å². The molecule has 9 heteroatoms. The topological polar surface area (TPSA) is 75.7 Å². The van der Waals surface area contributed by atoms with E-state index < -0.39 is 21.7 Å². The van der Waals surface area contributed by atoms with Gasteiger partial charge in [-0.1, -0.05) is 6.07 Å². The van der Waals surface area contributed by atoms with Gasteiger partial charge in [0.2, 0.25) is 10.0 Å². The van der Waals surface area contributed by atoms with Crippen molar-refractivity contribution in [3.8, 4) is 5.75 Å². The molecule has 0 bridgehead atoms. The van der Waals surface area contributed by atoms with Gasteiger partial charge in [0.05, 0.1) is 11.9 Å². The lowest BCUT2D eigenvalue weighted by atomic mass is 10.0. The molecule has 0 spiro atoms. The average molecular weight is 424 g/mol. The van der Waals surface area contributed by atoms with Gasteiger partial charge < -0.3 is 9.64 Å². The van der Waals surface area contributed by atoms with E-state index in [2.05, 4.69) is 4.72 Å². The Morgan fingerprint density at radius 3 is 2.45 bits per heavy atom. The van der Waals surface area contributed by atoms with Crippen LogP contribution in [0.2, 0.25) is 0 Å². The first-order valence-corrected chi connectivity index (χ1v) is 11.0. The fourth-order valence-electron chi connectivity index (χ4n) is 3.17. The minimum Gasteiger partial charge on any atom is -0.487 e. The highest BCUT2D eigenvalue weighted by atomic mass is 32.2. The molecule has 1 fully saturated rings. The van der Waals surface area contributed by atoms with Gasteiger partial charge in [0.1, 0.15) is 11.9 Å². The fourth-order valence-corrected chi connectivity index (χ4v) is 3.79. The van der Waals surface area contributed by atoms with Crippen molar-refractivity contribution in [2.75, 3.05) is 24.1 Å². The highest BCUT2D eigenvalue weighted by Gasteiger charge is 2.26. The zero-order chi connectivity index (χ0) is 21.2. The Balaban J connectivity index is 1.63. The predicted molar refractivity (Wildman–Crippen MR) is 106 cm³/mol. The fraction of sp³-hybridized carbons (Fsp3) is 0.350. The summed E-state index contributed by atoms with van der Waals surface area (Å²) in [6.45, 7) is 2.57. The molecule has 0 saturated carbocycles. The number of nitrogens with one attached hydrogen (secondary N) is 1. The number of carbonyl (C=O) groups excluding carboxylic acids is 1. The number of halogens is 2. The molecule has 0 aliphatic carbocycles. The lowest BCUT2D eigenvalue weighted by Crippen LogP contribution is -2.41. The van der Waals surface area contributed by atoms with Gasteiger partial charge in [0.15, 0.2) is 11.6 Å². The molecular weight excluding hydrogens is 402 g/mol. The van der Waals surface area contributed by atoms with Gasteiger partial charge >= 0.3 is 0 Å². The number of aryl methyl sites for hydroxylation is 1. The van der Waals surface area contributed by atoms with Crippen molar-refractivity contribution >= 4 is 21.6 Å². The summed E-state index contributed by atoms with van der Waals surface area (Å²) in [5.41, 5.74) is 1.45. The lowest BCUT2D eigenvalue weighted by molar-refractivity contribution is 0.0588. The number of likely N-dealkylation sites (tertiary alicyclic amines) is 1. The third-order valence-electron chi connectivity index (χ3n) is 4.70. The Morgan fingerprint density at radius 1 is 1.14 bits per heavy atom. The summed E-state index contributed by atoms with van der Waals surface area (Å²) in [6.07, 6.45) is 1.78. The molecule has 29 heavy (non-hydrogen) atoms. The third kappa shape index (κ3) is 5.44. The van der Waals surface area contributed by atoms with Crippen molar-refractivity contribution in [3.05, 3.63) is 59.2 Å². The van der Waals surface area contributed by atoms with E-state index in [0.717, 1.165) is 18.4 Å². The SMILES string of the molecule is Cc1ccc(C(=O)N2CCC(Oc3ccc(F)cc3F)CC2)cc1NS(C)(=O)=O. The Bertz CT molecular complexity index is 1020. The Hall–Kier alpha value is -2.68. The molecule has 0 atom stereocenters. The standard InChI is InChI=1S/C20H22F2N2O4S/c1-13-3-4-14(11-18(13)23-29(2,26)27)20(25)24-9-7-16(8-10-24)28-19-6-5-15(21)12-17(19)22/h3-6,11-12,16,23H,7-10H2,1-2H3. The summed E-state index contributed by atoms with van der Waals surface area (Å²) < 4.78 is 57.7. The first-order chi connectivity index (χ1) is 13.6. The van der Waals surface area contributed by atoms with Crippen LogP contribution < -0.4 is 9.46 Å². The molecule has 0 aromatic heterocycles. The van der Waals surface area contributed by atoms with Gasteiger partial charge in [0.25, 0.3) is 5.91 Å². The summed E-state index contributed by atoms with van der Waals surface area (Å²) in [7, 11) is -3.46. The summed E-state index contributed by atoms with van der Waals surface area (Å²) in [5, 5.41) is 0. The molecular formula is C20H22F2N2O4S. The highest BCUT2D eigenvalue weighted by molar-refractivity contribution is 7.92. The number of hydrogen-bond acceptors (Lipinski definition) is 4. The van der Waals surface area contributed by atoms with Crippen LogP contribution in [0.5, 0.6) is 5.75 Å².